The second-order valence-corrected chi connectivity index (χ2v) is 10.1. The number of imidazole rings is 1. The number of nitrogen functional groups attached to an aromatic ring is 1. The second kappa shape index (κ2) is 11.1. The fourth-order valence-corrected chi connectivity index (χ4v) is 5.69. The molecule has 0 saturated heterocycles. The van der Waals surface area contributed by atoms with E-state index in [1.807, 2.05) is 25.1 Å². The van der Waals surface area contributed by atoms with Gasteiger partial charge < -0.3 is 20.4 Å². The molecule has 3 aromatic heterocycles. The number of carbonyl (C=O) groups is 1. The zero-order chi connectivity index (χ0) is 24.1. The number of benzene rings is 1. The van der Waals surface area contributed by atoms with Crippen LogP contribution in [-0.4, -0.2) is 45.7 Å². The smallest absolute Gasteiger partial charge is 0.223 e. The lowest BCUT2D eigenvalue weighted by Gasteiger charge is -2.11. The Bertz CT molecular complexity index is 1300. The Morgan fingerprint density at radius 1 is 1.24 bits per heavy atom. The molecule has 0 aliphatic rings. The Labute approximate surface area is 206 Å². The van der Waals surface area contributed by atoms with Crippen molar-refractivity contribution in [3.8, 4) is 0 Å². The fourth-order valence-electron chi connectivity index (χ4n) is 3.79. The van der Waals surface area contributed by atoms with Gasteiger partial charge in [-0.3, -0.25) is 9.52 Å². The van der Waals surface area contributed by atoms with E-state index in [1.165, 1.54) is 18.3 Å². The van der Waals surface area contributed by atoms with E-state index in [1.54, 1.807) is 19.1 Å². The van der Waals surface area contributed by atoms with Crippen LogP contribution in [-0.2, 0) is 22.5 Å². The van der Waals surface area contributed by atoms with Crippen LogP contribution >= 0.6 is 23.3 Å². The Kier molecular flexibility index (Phi) is 7.99. The van der Waals surface area contributed by atoms with Crippen molar-refractivity contribution in [3.63, 3.8) is 0 Å². The maximum Gasteiger partial charge on any atom is 0.223 e. The van der Waals surface area contributed by atoms with Crippen molar-refractivity contribution < 1.29 is 9.53 Å². The number of hydrogen-bond donors (Lipinski definition) is 3. The molecule has 0 aliphatic carbocycles. The molecule has 34 heavy (non-hydrogen) atoms. The Morgan fingerprint density at radius 3 is 2.85 bits per heavy atom. The molecule has 1 aromatic carbocycles. The number of nitrogens with one attached hydrogen (secondary N) is 2. The van der Waals surface area contributed by atoms with E-state index in [4.69, 9.17) is 15.5 Å². The topological polar surface area (TPSA) is 120 Å². The molecule has 0 bridgehead atoms. The summed E-state index contributed by atoms with van der Waals surface area (Å²) in [4.78, 5) is 25.0. The summed E-state index contributed by atoms with van der Waals surface area (Å²) in [6.07, 6.45) is 2.69. The van der Waals surface area contributed by atoms with Gasteiger partial charge in [-0.25, -0.2) is 15.0 Å². The van der Waals surface area contributed by atoms with Crippen molar-refractivity contribution in [1.29, 1.82) is 0 Å². The average molecular weight is 500 g/mol. The fraction of sp³-hybridized carbons (Fsp3) is 0.391. The van der Waals surface area contributed by atoms with E-state index < -0.39 is 0 Å². The quantitative estimate of drug-likeness (QED) is 0.208. The molecule has 0 unspecified atom stereocenters. The Hall–Kier alpha value is -2.73. The minimum atomic E-state index is -0.111. The monoisotopic (exact) mass is 499 g/mol. The van der Waals surface area contributed by atoms with Gasteiger partial charge in [0.25, 0.3) is 0 Å². The summed E-state index contributed by atoms with van der Waals surface area (Å²) in [7, 11) is 1.70. The van der Waals surface area contributed by atoms with Crippen molar-refractivity contribution in [2.45, 2.75) is 43.9 Å². The first-order chi connectivity index (χ1) is 16.5. The maximum atomic E-state index is 11.2. The van der Waals surface area contributed by atoms with Gasteiger partial charge in [-0.1, -0.05) is 29.5 Å². The molecule has 1 amide bonds. The predicted molar refractivity (Wildman–Crippen MR) is 139 cm³/mol. The highest BCUT2D eigenvalue weighted by Crippen LogP contribution is 2.31. The first-order valence-electron chi connectivity index (χ1n) is 11.1. The normalized spacial score (nSPS) is 11.5. The highest BCUT2D eigenvalue weighted by Gasteiger charge is 2.17. The molecule has 0 saturated carbocycles. The Balaban J connectivity index is 1.42. The summed E-state index contributed by atoms with van der Waals surface area (Å²) in [6, 6.07) is 8.05. The SMILES string of the molecule is COCCc1nc2c(N)nc3ccccc3c2n1CCCCNSc1sc(NC(C)=O)nc1C. The van der Waals surface area contributed by atoms with Crippen molar-refractivity contribution in [1.82, 2.24) is 24.2 Å². The molecule has 0 radical (unpaired) electrons. The number of unbranched alkanes of at least 4 members (excludes halogenated alkanes) is 1. The second-order valence-electron chi connectivity index (χ2n) is 7.91. The van der Waals surface area contributed by atoms with E-state index in [2.05, 4.69) is 30.6 Å². The molecule has 4 aromatic rings. The molecule has 3 heterocycles. The number of fused-ring (bicyclic) bond motifs is 3. The van der Waals surface area contributed by atoms with Crippen molar-refractivity contribution in [3.05, 3.63) is 35.8 Å². The zero-order valence-corrected chi connectivity index (χ0v) is 21.2. The molecule has 11 heteroatoms. The molecular weight excluding hydrogens is 470 g/mol. The van der Waals surface area contributed by atoms with Crippen LogP contribution < -0.4 is 15.8 Å². The number of para-hydroxylation sites is 1. The van der Waals surface area contributed by atoms with Crippen LogP contribution in [0.2, 0.25) is 0 Å². The number of methoxy groups -OCH3 is 1. The number of amides is 1. The van der Waals surface area contributed by atoms with Crippen LogP contribution in [0.1, 0.15) is 31.3 Å². The first-order valence-corrected chi connectivity index (χ1v) is 12.8. The number of aryl methyl sites for hydroxylation is 2. The molecule has 0 aliphatic heterocycles. The predicted octanol–water partition coefficient (Wildman–Crippen LogP) is 4.16. The number of aromatic nitrogens is 4. The van der Waals surface area contributed by atoms with Crippen molar-refractivity contribution in [2.75, 3.05) is 31.3 Å². The van der Waals surface area contributed by atoms with E-state index in [9.17, 15) is 4.79 Å². The highest BCUT2D eigenvalue weighted by atomic mass is 32.2. The van der Waals surface area contributed by atoms with Gasteiger partial charge in [0, 0.05) is 38.9 Å². The van der Waals surface area contributed by atoms with Gasteiger partial charge in [0.1, 0.15) is 11.3 Å². The third-order valence-corrected chi connectivity index (χ3v) is 7.53. The van der Waals surface area contributed by atoms with Gasteiger partial charge in [0.2, 0.25) is 5.91 Å². The van der Waals surface area contributed by atoms with Crippen LogP contribution in [0.25, 0.3) is 21.9 Å². The molecule has 4 N–H and O–H groups in total. The number of nitrogens with zero attached hydrogens (tertiary/aromatic N) is 4. The van der Waals surface area contributed by atoms with E-state index in [0.29, 0.717) is 24.0 Å². The van der Waals surface area contributed by atoms with Gasteiger partial charge in [0.15, 0.2) is 10.9 Å². The Morgan fingerprint density at radius 2 is 2.06 bits per heavy atom. The lowest BCUT2D eigenvalue weighted by Crippen LogP contribution is -2.10. The molecule has 0 atom stereocenters. The van der Waals surface area contributed by atoms with Crippen LogP contribution in [0.3, 0.4) is 0 Å². The molecule has 0 spiro atoms. The molecule has 180 valence electrons. The first kappa shape index (κ1) is 24.4. The van der Waals surface area contributed by atoms with E-state index >= 15 is 0 Å². The summed E-state index contributed by atoms with van der Waals surface area (Å²) in [5.74, 6) is 1.32. The number of pyridine rings is 1. The largest absolute Gasteiger partial charge is 0.384 e. The van der Waals surface area contributed by atoms with Gasteiger partial charge >= 0.3 is 0 Å². The summed E-state index contributed by atoms with van der Waals surface area (Å²) in [6.45, 7) is 5.72. The average Bonchev–Trinajstić information content (AvgIpc) is 3.34. The number of carbonyl (C=O) groups excluding carboxylic acids is 1. The van der Waals surface area contributed by atoms with E-state index in [0.717, 1.165) is 63.6 Å². The summed E-state index contributed by atoms with van der Waals surface area (Å²) in [5.41, 5.74) is 9.86. The third kappa shape index (κ3) is 5.49. The third-order valence-electron chi connectivity index (χ3n) is 5.33. The minimum Gasteiger partial charge on any atom is -0.384 e. The van der Waals surface area contributed by atoms with Crippen LogP contribution in [0.4, 0.5) is 10.9 Å². The van der Waals surface area contributed by atoms with Crippen molar-refractivity contribution >= 4 is 62.1 Å². The highest BCUT2D eigenvalue weighted by molar-refractivity contribution is 7.99. The number of rotatable bonds is 11. The van der Waals surface area contributed by atoms with Gasteiger partial charge in [0.05, 0.1) is 27.5 Å². The van der Waals surface area contributed by atoms with Crippen molar-refractivity contribution in [2.24, 2.45) is 0 Å². The molecular formula is C23H29N7O2S2. The van der Waals surface area contributed by atoms with Crippen LogP contribution in [0.5, 0.6) is 0 Å². The molecule has 0 fully saturated rings. The number of hydrogen-bond acceptors (Lipinski definition) is 9. The number of nitrogens with two attached hydrogens (primary N) is 1. The maximum absolute atomic E-state index is 11.2. The number of anilines is 2. The van der Waals surface area contributed by atoms with Gasteiger partial charge in [-0.15, -0.1) is 0 Å². The molecule has 9 nitrogen and oxygen atoms in total. The number of ether oxygens (including phenoxy) is 1. The summed E-state index contributed by atoms with van der Waals surface area (Å²) >= 11 is 3.04. The van der Waals surface area contributed by atoms with Crippen LogP contribution in [0, 0.1) is 6.92 Å². The summed E-state index contributed by atoms with van der Waals surface area (Å²) in [5, 5.41) is 4.43. The summed E-state index contributed by atoms with van der Waals surface area (Å²) < 4.78 is 12.0. The lowest BCUT2D eigenvalue weighted by atomic mass is 10.2. The number of thiazole rings is 1. The van der Waals surface area contributed by atoms with Gasteiger partial charge in [-0.05, 0) is 37.8 Å². The van der Waals surface area contributed by atoms with Crippen LogP contribution in [0.15, 0.2) is 28.5 Å². The molecule has 4 rings (SSSR count). The zero-order valence-electron chi connectivity index (χ0n) is 19.6. The lowest BCUT2D eigenvalue weighted by molar-refractivity contribution is -0.114. The van der Waals surface area contributed by atoms with E-state index in [-0.39, 0.29) is 5.91 Å². The standard InChI is InChI=1S/C23H29N7O2S2/c1-14-22(33-23(26-14)27-15(2)31)34-25-11-6-7-12-30-18(10-13-32-3)29-19-20(30)16-8-4-5-9-17(16)28-21(19)24/h4-5,8-9,25H,6-7,10-13H2,1-3H3,(H2,24,28)(H,26,27,31). The van der Waals surface area contributed by atoms with Gasteiger partial charge in [-0.2, -0.15) is 0 Å². The minimum absolute atomic E-state index is 0.111.